The molecule has 0 aliphatic rings. The lowest BCUT2D eigenvalue weighted by molar-refractivity contribution is -0.122. The minimum Gasteiger partial charge on any atom is -0.495 e. The molecule has 2 aromatic rings. The van der Waals surface area contributed by atoms with Gasteiger partial charge < -0.3 is 14.8 Å². The van der Waals surface area contributed by atoms with Crippen molar-refractivity contribution in [2.45, 2.75) is 24.8 Å². The SMILES string of the molecule is COc1ccc(C)cc1NC(=O)C(C)Oc1ccc(SC)cc1. The first-order valence-corrected chi connectivity index (χ1v) is 8.52. The van der Waals surface area contributed by atoms with Crippen molar-refractivity contribution in [2.24, 2.45) is 0 Å². The smallest absolute Gasteiger partial charge is 0.265 e. The molecule has 122 valence electrons. The maximum atomic E-state index is 12.3. The molecule has 23 heavy (non-hydrogen) atoms. The number of anilines is 1. The number of methoxy groups -OCH3 is 1. The highest BCUT2D eigenvalue weighted by Crippen LogP contribution is 2.26. The number of amides is 1. The van der Waals surface area contributed by atoms with Gasteiger partial charge in [0.25, 0.3) is 5.91 Å². The van der Waals surface area contributed by atoms with E-state index in [1.807, 2.05) is 55.6 Å². The van der Waals surface area contributed by atoms with Crippen LogP contribution in [0, 0.1) is 6.92 Å². The first-order chi connectivity index (χ1) is 11.0. The van der Waals surface area contributed by atoms with Crippen LogP contribution in [0.25, 0.3) is 0 Å². The summed E-state index contributed by atoms with van der Waals surface area (Å²) < 4.78 is 11.0. The highest BCUT2D eigenvalue weighted by Gasteiger charge is 2.16. The Balaban J connectivity index is 2.03. The number of carbonyl (C=O) groups is 1. The van der Waals surface area contributed by atoms with Crippen LogP contribution in [-0.2, 0) is 4.79 Å². The third-order valence-corrected chi connectivity index (χ3v) is 4.10. The summed E-state index contributed by atoms with van der Waals surface area (Å²) in [5.74, 6) is 1.07. The first-order valence-electron chi connectivity index (χ1n) is 7.29. The molecule has 0 spiro atoms. The first kappa shape index (κ1) is 17.2. The molecule has 0 aromatic heterocycles. The van der Waals surface area contributed by atoms with Gasteiger partial charge in [-0.05, 0) is 62.1 Å². The van der Waals surface area contributed by atoms with Gasteiger partial charge in [0.1, 0.15) is 11.5 Å². The van der Waals surface area contributed by atoms with Gasteiger partial charge in [-0.1, -0.05) is 6.07 Å². The van der Waals surface area contributed by atoms with E-state index in [-0.39, 0.29) is 5.91 Å². The number of rotatable bonds is 6. The summed E-state index contributed by atoms with van der Waals surface area (Å²) in [6.45, 7) is 3.68. The van der Waals surface area contributed by atoms with Crippen molar-refractivity contribution in [1.82, 2.24) is 0 Å². The molecule has 0 fully saturated rings. The minimum absolute atomic E-state index is 0.220. The van der Waals surface area contributed by atoms with E-state index in [0.29, 0.717) is 17.2 Å². The summed E-state index contributed by atoms with van der Waals surface area (Å²) in [5, 5.41) is 2.85. The lowest BCUT2D eigenvalue weighted by Crippen LogP contribution is -2.30. The van der Waals surface area contributed by atoms with E-state index in [1.165, 1.54) is 0 Å². The van der Waals surface area contributed by atoms with Gasteiger partial charge in [-0.2, -0.15) is 0 Å². The number of thioether (sulfide) groups is 1. The van der Waals surface area contributed by atoms with Crippen LogP contribution < -0.4 is 14.8 Å². The third-order valence-electron chi connectivity index (χ3n) is 3.35. The van der Waals surface area contributed by atoms with Crippen molar-refractivity contribution in [3.8, 4) is 11.5 Å². The van der Waals surface area contributed by atoms with Gasteiger partial charge in [-0.15, -0.1) is 11.8 Å². The molecule has 0 radical (unpaired) electrons. The zero-order valence-electron chi connectivity index (χ0n) is 13.8. The van der Waals surface area contributed by atoms with Crippen LogP contribution in [0.4, 0.5) is 5.69 Å². The molecule has 0 heterocycles. The topological polar surface area (TPSA) is 47.6 Å². The average molecular weight is 331 g/mol. The van der Waals surface area contributed by atoms with Gasteiger partial charge in [0.2, 0.25) is 0 Å². The van der Waals surface area contributed by atoms with Gasteiger partial charge in [-0.25, -0.2) is 0 Å². The van der Waals surface area contributed by atoms with Gasteiger partial charge in [0.05, 0.1) is 12.8 Å². The van der Waals surface area contributed by atoms with Crippen LogP contribution >= 0.6 is 11.8 Å². The Hall–Kier alpha value is -2.14. The fourth-order valence-corrected chi connectivity index (χ4v) is 2.47. The maximum absolute atomic E-state index is 12.3. The predicted molar refractivity (Wildman–Crippen MR) is 94.7 cm³/mol. The number of nitrogens with one attached hydrogen (secondary N) is 1. The van der Waals surface area contributed by atoms with Crippen LogP contribution in [0.5, 0.6) is 11.5 Å². The fourth-order valence-electron chi connectivity index (χ4n) is 2.07. The summed E-state index contributed by atoms with van der Waals surface area (Å²) in [6.07, 6.45) is 1.40. The van der Waals surface area contributed by atoms with E-state index in [4.69, 9.17) is 9.47 Å². The Morgan fingerprint density at radius 1 is 1.17 bits per heavy atom. The second-order valence-electron chi connectivity index (χ2n) is 5.13. The molecule has 5 heteroatoms. The van der Waals surface area contributed by atoms with Gasteiger partial charge in [0.15, 0.2) is 6.10 Å². The van der Waals surface area contributed by atoms with E-state index < -0.39 is 6.10 Å². The molecule has 1 N–H and O–H groups in total. The van der Waals surface area contributed by atoms with E-state index >= 15 is 0 Å². The average Bonchev–Trinajstić information content (AvgIpc) is 2.55. The Bertz CT molecular complexity index is 670. The number of aryl methyl sites for hydroxylation is 1. The molecule has 0 bridgehead atoms. The van der Waals surface area contributed by atoms with E-state index in [0.717, 1.165) is 10.5 Å². The second-order valence-corrected chi connectivity index (χ2v) is 6.01. The number of ether oxygens (including phenoxy) is 2. The summed E-state index contributed by atoms with van der Waals surface area (Å²) in [4.78, 5) is 13.5. The summed E-state index contributed by atoms with van der Waals surface area (Å²) in [6, 6.07) is 13.3. The van der Waals surface area contributed by atoms with Crippen LogP contribution in [-0.4, -0.2) is 25.4 Å². The van der Waals surface area contributed by atoms with Crippen LogP contribution in [0.1, 0.15) is 12.5 Å². The fraction of sp³-hybridized carbons (Fsp3) is 0.278. The monoisotopic (exact) mass is 331 g/mol. The van der Waals surface area contributed by atoms with Crippen molar-refractivity contribution in [3.05, 3.63) is 48.0 Å². The van der Waals surface area contributed by atoms with E-state index in [2.05, 4.69) is 5.32 Å². The van der Waals surface area contributed by atoms with E-state index in [9.17, 15) is 4.79 Å². The Morgan fingerprint density at radius 3 is 2.48 bits per heavy atom. The molecule has 0 saturated heterocycles. The molecule has 1 unspecified atom stereocenters. The Morgan fingerprint density at radius 2 is 1.87 bits per heavy atom. The summed E-state index contributed by atoms with van der Waals surface area (Å²) >= 11 is 1.66. The zero-order chi connectivity index (χ0) is 16.8. The zero-order valence-corrected chi connectivity index (χ0v) is 14.6. The quantitative estimate of drug-likeness (QED) is 0.809. The summed E-state index contributed by atoms with van der Waals surface area (Å²) in [5.41, 5.74) is 1.69. The van der Waals surface area contributed by atoms with Crippen LogP contribution in [0.15, 0.2) is 47.4 Å². The standard InChI is InChI=1S/C18H21NO3S/c1-12-5-10-17(21-3)16(11-12)19-18(20)13(2)22-14-6-8-15(23-4)9-7-14/h5-11,13H,1-4H3,(H,19,20). The van der Waals surface area contributed by atoms with Gasteiger partial charge in [-0.3, -0.25) is 4.79 Å². The molecule has 2 rings (SSSR count). The van der Waals surface area contributed by atoms with E-state index in [1.54, 1.807) is 25.8 Å². The number of hydrogen-bond acceptors (Lipinski definition) is 4. The van der Waals surface area contributed by atoms with Crippen LogP contribution in [0.3, 0.4) is 0 Å². The predicted octanol–water partition coefficient (Wildman–Crippen LogP) is 4.13. The second kappa shape index (κ2) is 7.92. The number of carbonyl (C=O) groups excluding carboxylic acids is 1. The largest absolute Gasteiger partial charge is 0.495 e. The van der Waals surface area contributed by atoms with Crippen molar-refractivity contribution in [1.29, 1.82) is 0 Å². The minimum atomic E-state index is -0.611. The molecular formula is C18H21NO3S. The van der Waals surface area contributed by atoms with Crippen molar-refractivity contribution in [3.63, 3.8) is 0 Å². The molecule has 4 nitrogen and oxygen atoms in total. The third kappa shape index (κ3) is 4.66. The molecule has 1 atom stereocenters. The lowest BCUT2D eigenvalue weighted by Gasteiger charge is -2.16. The molecule has 0 aliphatic heterocycles. The summed E-state index contributed by atoms with van der Waals surface area (Å²) in [7, 11) is 1.58. The number of benzene rings is 2. The van der Waals surface area contributed by atoms with Crippen LogP contribution in [0.2, 0.25) is 0 Å². The van der Waals surface area contributed by atoms with Crippen molar-refractivity contribution in [2.75, 3.05) is 18.7 Å². The normalized spacial score (nSPS) is 11.7. The molecule has 1 amide bonds. The Labute approximate surface area is 141 Å². The highest BCUT2D eigenvalue weighted by atomic mass is 32.2. The lowest BCUT2D eigenvalue weighted by atomic mass is 10.2. The maximum Gasteiger partial charge on any atom is 0.265 e. The molecule has 2 aromatic carbocycles. The molecular weight excluding hydrogens is 310 g/mol. The van der Waals surface area contributed by atoms with Crippen molar-refractivity contribution >= 4 is 23.4 Å². The van der Waals surface area contributed by atoms with Crippen molar-refractivity contribution < 1.29 is 14.3 Å². The van der Waals surface area contributed by atoms with Gasteiger partial charge >= 0.3 is 0 Å². The molecule has 0 aliphatic carbocycles. The Kier molecular flexibility index (Phi) is 5.93. The number of hydrogen-bond donors (Lipinski definition) is 1. The highest BCUT2D eigenvalue weighted by molar-refractivity contribution is 7.98. The molecule has 0 saturated carbocycles. The van der Waals surface area contributed by atoms with Gasteiger partial charge in [0, 0.05) is 4.90 Å².